The van der Waals surface area contributed by atoms with Crippen molar-refractivity contribution in [2.75, 3.05) is 22.9 Å². The molecule has 0 aromatic heterocycles. The van der Waals surface area contributed by atoms with Crippen molar-refractivity contribution in [3.8, 4) is 0 Å². The van der Waals surface area contributed by atoms with Gasteiger partial charge >= 0.3 is 0 Å². The van der Waals surface area contributed by atoms with Gasteiger partial charge in [-0.15, -0.1) is 0 Å². The van der Waals surface area contributed by atoms with Crippen molar-refractivity contribution < 1.29 is 9.59 Å². The molecule has 0 aliphatic carbocycles. The molecule has 0 fully saturated rings. The summed E-state index contributed by atoms with van der Waals surface area (Å²) in [6, 6.07) is 11.4. The highest BCUT2D eigenvalue weighted by molar-refractivity contribution is 6.32. The van der Waals surface area contributed by atoms with Gasteiger partial charge in [0.2, 0.25) is 11.8 Å². The van der Waals surface area contributed by atoms with Gasteiger partial charge in [0.15, 0.2) is 0 Å². The summed E-state index contributed by atoms with van der Waals surface area (Å²) in [6.45, 7) is 4.68. The lowest BCUT2D eigenvalue weighted by Gasteiger charge is -2.14. The minimum absolute atomic E-state index is 0.0843. The van der Waals surface area contributed by atoms with Crippen LogP contribution in [0.1, 0.15) is 25.0 Å². The molecular weight excluding hydrogens is 371 g/mol. The molecule has 2 aliphatic rings. The van der Waals surface area contributed by atoms with Crippen molar-refractivity contribution in [3.63, 3.8) is 0 Å². The van der Waals surface area contributed by atoms with E-state index in [1.165, 1.54) is 0 Å². The van der Waals surface area contributed by atoms with E-state index < -0.39 is 0 Å². The Balaban J connectivity index is 0.000000151. The summed E-state index contributed by atoms with van der Waals surface area (Å²) in [6.07, 6.45) is 1.74. The number of anilines is 2. The molecule has 2 amide bonds. The first-order valence-corrected chi connectivity index (χ1v) is 9.26. The van der Waals surface area contributed by atoms with Crippen LogP contribution in [0.2, 0.25) is 10.0 Å². The molecule has 136 valence electrons. The van der Waals surface area contributed by atoms with Crippen molar-refractivity contribution in [3.05, 3.63) is 57.6 Å². The first-order chi connectivity index (χ1) is 12.4. The maximum Gasteiger partial charge on any atom is 0.223 e. The second kappa shape index (κ2) is 7.68. The number of carbonyl (C=O) groups is 2. The minimum atomic E-state index is 0.0843. The molecule has 0 radical (unpaired) electrons. The summed E-state index contributed by atoms with van der Waals surface area (Å²) in [4.78, 5) is 25.9. The van der Waals surface area contributed by atoms with Crippen LogP contribution >= 0.6 is 23.2 Å². The second-order valence-corrected chi connectivity index (χ2v) is 7.13. The Hall–Kier alpha value is -2.04. The fourth-order valence-corrected chi connectivity index (χ4v) is 3.97. The predicted octanol–water partition coefficient (Wildman–Crippen LogP) is 4.50. The van der Waals surface area contributed by atoms with E-state index in [1.54, 1.807) is 23.6 Å². The van der Waals surface area contributed by atoms with Crippen LogP contribution in [0.5, 0.6) is 0 Å². The lowest BCUT2D eigenvalue weighted by atomic mass is 10.2. The number of nitrogens with zero attached hydrogens (tertiary/aromatic N) is 2. The Labute approximate surface area is 163 Å². The number of amides is 2. The Morgan fingerprint density at radius 3 is 1.50 bits per heavy atom. The average molecular weight is 391 g/mol. The van der Waals surface area contributed by atoms with Crippen LogP contribution < -0.4 is 9.80 Å². The Kier molecular flexibility index (Phi) is 5.54. The lowest BCUT2D eigenvalue weighted by Crippen LogP contribution is -2.25. The van der Waals surface area contributed by atoms with Gasteiger partial charge in [-0.3, -0.25) is 9.59 Å². The maximum absolute atomic E-state index is 11.2. The van der Waals surface area contributed by atoms with Crippen LogP contribution in [0, 0.1) is 0 Å². The quantitative estimate of drug-likeness (QED) is 0.664. The van der Waals surface area contributed by atoms with Gasteiger partial charge in [0.05, 0.1) is 0 Å². The first kappa shape index (κ1) is 18.7. The molecule has 0 spiro atoms. The summed E-state index contributed by atoms with van der Waals surface area (Å²) >= 11 is 12.0. The molecule has 0 saturated heterocycles. The van der Waals surface area contributed by atoms with E-state index in [2.05, 4.69) is 0 Å². The van der Waals surface area contributed by atoms with Crippen molar-refractivity contribution >= 4 is 46.4 Å². The normalized spacial score (nSPS) is 14.5. The van der Waals surface area contributed by atoms with E-state index >= 15 is 0 Å². The van der Waals surface area contributed by atoms with Gasteiger partial charge in [-0.05, 0) is 48.2 Å². The highest BCUT2D eigenvalue weighted by atomic mass is 35.5. The zero-order valence-electron chi connectivity index (χ0n) is 14.8. The Bertz CT molecular complexity index is 795. The monoisotopic (exact) mass is 390 g/mol. The predicted molar refractivity (Wildman–Crippen MR) is 106 cm³/mol. The molecule has 4 rings (SSSR count). The van der Waals surface area contributed by atoms with E-state index in [4.69, 9.17) is 23.2 Å². The number of carbonyl (C=O) groups excluding carboxylic acids is 2. The standard InChI is InChI=1S/2C10H10ClNO/c2*1-7(13)12-6-5-8-9(11)3-2-4-10(8)12/h2*2-4H,5-6H2,1H3. The Morgan fingerprint density at radius 1 is 0.769 bits per heavy atom. The highest BCUT2D eigenvalue weighted by Gasteiger charge is 2.24. The third-order valence-electron chi connectivity index (χ3n) is 4.70. The second-order valence-electron chi connectivity index (χ2n) is 6.32. The third kappa shape index (κ3) is 3.57. The fourth-order valence-electron chi connectivity index (χ4n) is 3.44. The molecule has 2 aromatic rings. The van der Waals surface area contributed by atoms with Gasteiger partial charge in [-0.2, -0.15) is 0 Å². The van der Waals surface area contributed by atoms with Crippen LogP contribution in [0.15, 0.2) is 36.4 Å². The molecule has 0 N–H and O–H groups in total. The first-order valence-electron chi connectivity index (χ1n) is 8.51. The van der Waals surface area contributed by atoms with Gasteiger partial charge in [0, 0.05) is 48.4 Å². The van der Waals surface area contributed by atoms with E-state index in [0.717, 1.165) is 58.5 Å². The number of hydrogen-bond acceptors (Lipinski definition) is 2. The molecule has 4 nitrogen and oxygen atoms in total. The molecule has 0 atom stereocenters. The summed E-state index contributed by atoms with van der Waals surface area (Å²) in [5.41, 5.74) is 4.14. The van der Waals surface area contributed by atoms with E-state index in [0.29, 0.717) is 0 Å². The van der Waals surface area contributed by atoms with Gasteiger partial charge in [-0.25, -0.2) is 0 Å². The van der Waals surface area contributed by atoms with Crippen molar-refractivity contribution in [2.24, 2.45) is 0 Å². The molecular formula is C20H20Cl2N2O2. The highest BCUT2D eigenvalue weighted by Crippen LogP contribution is 2.34. The van der Waals surface area contributed by atoms with E-state index in [1.807, 2.05) is 36.4 Å². The van der Waals surface area contributed by atoms with Crippen LogP contribution in [0.4, 0.5) is 11.4 Å². The molecule has 2 aliphatic heterocycles. The van der Waals surface area contributed by atoms with Crippen LogP contribution in [-0.4, -0.2) is 24.9 Å². The zero-order valence-corrected chi connectivity index (χ0v) is 16.3. The SMILES string of the molecule is CC(=O)N1CCc2c(Cl)cccc21.CC(=O)N1CCc2c(Cl)cccc21. The number of rotatable bonds is 0. The third-order valence-corrected chi connectivity index (χ3v) is 5.41. The molecule has 6 heteroatoms. The molecule has 2 aromatic carbocycles. The number of halogens is 2. The zero-order chi connectivity index (χ0) is 18.8. The Morgan fingerprint density at radius 2 is 1.15 bits per heavy atom. The lowest BCUT2D eigenvalue weighted by molar-refractivity contribution is -0.117. The van der Waals surface area contributed by atoms with E-state index in [-0.39, 0.29) is 11.8 Å². The number of benzene rings is 2. The maximum atomic E-state index is 11.2. The largest absolute Gasteiger partial charge is 0.312 e. The van der Waals surface area contributed by atoms with Crippen LogP contribution in [-0.2, 0) is 22.4 Å². The van der Waals surface area contributed by atoms with Crippen molar-refractivity contribution in [2.45, 2.75) is 26.7 Å². The van der Waals surface area contributed by atoms with Crippen molar-refractivity contribution in [1.82, 2.24) is 0 Å². The van der Waals surface area contributed by atoms with Crippen LogP contribution in [0.25, 0.3) is 0 Å². The van der Waals surface area contributed by atoms with Gasteiger partial charge in [0.1, 0.15) is 0 Å². The molecule has 0 unspecified atom stereocenters. The fraction of sp³-hybridized carbons (Fsp3) is 0.300. The smallest absolute Gasteiger partial charge is 0.223 e. The molecule has 0 saturated carbocycles. The molecule has 2 heterocycles. The summed E-state index contributed by atoms with van der Waals surface area (Å²) in [7, 11) is 0. The topological polar surface area (TPSA) is 40.6 Å². The minimum Gasteiger partial charge on any atom is -0.312 e. The molecule has 26 heavy (non-hydrogen) atoms. The summed E-state index contributed by atoms with van der Waals surface area (Å²) < 4.78 is 0. The van der Waals surface area contributed by atoms with Gasteiger partial charge in [0.25, 0.3) is 0 Å². The summed E-state index contributed by atoms with van der Waals surface area (Å²) in [5, 5.41) is 1.53. The average Bonchev–Trinajstić information content (AvgIpc) is 3.21. The summed E-state index contributed by atoms with van der Waals surface area (Å²) in [5.74, 6) is 0.169. The molecule has 0 bridgehead atoms. The number of hydrogen-bond donors (Lipinski definition) is 0. The number of fused-ring (bicyclic) bond motifs is 2. The van der Waals surface area contributed by atoms with Crippen LogP contribution in [0.3, 0.4) is 0 Å². The van der Waals surface area contributed by atoms with Crippen molar-refractivity contribution in [1.29, 1.82) is 0 Å². The van der Waals surface area contributed by atoms with E-state index in [9.17, 15) is 9.59 Å². The van der Waals surface area contributed by atoms with Gasteiger partial charge in [-0.1, -0.05) is 35.3 Å². The van der Waals surface area contributed by atoms with Gasteiger partial charge < -0.3 is 9.80 Å².